The molecule has 0 aliphatic carbocycles. The van der Waals surface area contributed by atoms with Gasteiger partial charge in [-0.1, -0.05) is 18.2 Å². The fourth-order valence-corrected chi connectivity index (χ4v) is 3.43. The van der Waals surface area contributed by atoms with Crippen molar-refractivity contribution in [3.63, 3.8) is 0 Å². The monoisotopic (exact) mass is 410 g/mol. The van der Waals surface area contributed by atoms with Crippen LogP contribution in [0.2, 0.25) is 0 Å². The molecule has 1 amide bonds. The van der Waals surface area contributed by atoms with Gasteiger partial charge in [-0.05, 0) is 23.8 Å². The molecule has 30 heavy (non-hydrogen) atoms. The van der Waals surface area contributed by atoms with E-state index < -0.39 is 12.0 Å². The predicted octanol–water partition coefficient (Wildman–Crippen LogP) is 2.08. The van der Waals surface area contributed by atoms with Crippen LogP contribution in [-0.4, -0.2) is 37.0 Å². The van der Waals surface area contributed by atoms with Crippen molar-refractivity contribution in [2.45, 2.75) is 6.23 Å². The van der Waals surface area contributed by atoms with Gasteiger partial charge in [-0.25, -0.2) is 9.92 Å². The van der Waals surface area contributed by atoms with E-state index >= 15 is 0 Å². The highest BCUT2D eigenvalue weighted by Gasteiger charge is 2.24. The van der Waals surface area contributed by atoms with Gasteiger partial charge in [0, 0.05) is 29.9 Å². The number of anilines is 2. The largest absolute Gasteiger partial charge is 0.370 e. The van der Waals surface area contributed by atoms with Crippen LogP contribution in [0.5, 0.6) is 0 Å². The van der Waals surface area contributed by atoms with Gasteiger partial charge in [-0.2, -0.15) is 5.11 Å². The maximum atomic E-state index is 14.6. The molecule has 1 atom stereocenters. The number of hydrogen-bond acceptors (Lipinski definition) is 6. The third kappa shape index (κ3) is 3.99. The molecule has 0 spiro atoms. The second-order valence-electron chi connectivity index (χ2n) is 6.87. The number of amides is 1. The number of nitrogens with two attached hydrogens (primary N) is 1. The van der Waals surface area contributed by atoms with Gasteiger partial charge in [0.2, 0.25) is 0 Å². The van der Waals surface area contributed by atoms with E-state index in [4.69, 9.17) is 10.3 Å². The number of rotatable bonds is 5. The Balaban J connectivity index is 1.55. The quantitative estimate of drug-likeness (QED) is 0.446. The Hall–Kier alpha value is -3.40. The molecule has 8 nitrogen and oxygen atoms in total. The molecule has 154 valence electrons. The van der Waals surface area contributed by atoms with Gasteiger partial charge in [0.15, 0.2) is 12.0 Å². The van der Waals surface area contributed by atoms with Crippen LogP contribution in [-0.2, 0) is 9.53 Å². The summed E-state index contributed by atoms with van der Waals surface area (Å²) in [5.74, 6) is -0.803. The minimum absolute atomic E-state index is 0.0565. The van der Waals surface area contributed by atoms with Crippen LogP contribution < -0.4 is 15.5 Å². The number of morpholine rings is 1. The van der Waals surface area contributed by atoms with E-state index in [2.05, 4.69) is 10.4 Å². The lowest BCUT2D eigenvalue weighted by molar-refractivity contribution is -0.497. The minimum atomic E-state index is -1.01. The molecule has 2 aliphatic rings. The van der Waals surface area contributed by atoms with Gasteiger partial charge < -0.3 is 20.1 Å². The Bertz CT molecular complexity index is 1050. The van der Waals surface area contributed by atoms with Gasteiger partial charge >= 0.3 is 0 Å². The summed E-state index contributed by atoms with van der Waals surface area (Å²) >= 11 is 0. The van der Waals surface area contributed by atoms with Crippen molar-refractivity contribution in [1.82, 2.24) is 0 Å². The Morgan fingerprint density at radius 1 is 1.37 bits per heavy atom. The van der Waals surface area contributed by atoms with Crippen LogP contribution in [0.4, 0.5) is 21.5 Å². The summed E-state index contributed by atoms with van der Waals surface area (Å²) in [7, 11) is 0. The third-order valence-corrected chi connectivity index (χ3v) is 4.96. The first kappa shape index (κ1) is 19.9. The molecule has 2 heterocycles. The van der Waals surface area contributed by atoms with E-state index in [1.54, 1.807) is 29.7 Å². The van der Waals surface area contributed by atoms with Crippen molar-refractivity contribution < 1.29 is 24.3 Å². The highest BCUT2D eigenvalue weighted by Crippen LogP contribution is 2.29. The summed E-state index contributed by atoms with van der Waals surface area (Å²) in [5.41, 5.74) is 10.6. The molecule has 1 saturated heterocycles. The zero-order valence-electron chi connectivity index (χ0n) is 16.0. The smallest absolute Gasteiger partial charge is 0.253 e. The van der Waals surface area contributed by atoms with Crippen molar-refractivity contribution >= 4 is 29.0 Å². The summed E-state index contributed by atoms with van der Waals surface area (Å²) in [4.78, 5) is 13.3. The maximum Gasteiger partial charge on any atom is 0.253 e. The summed E-state index contributed by atoms with van der Waals surface area (Å²) in [6, 6.07) is 12.0. The van der Waals surface area contributed by atoms with E-state index in [9.17, 15) is 14.3 Å². The van der Waals surface area contributed by atoms with Crippen LogP contribution in [0, 0.1) is 11.3 Å². The lowest BCUT2D eigenvalue weighted by Gasteiger charge is -2.27. The van der Waals surface area contributed by atoms with Crippen molar-refractivity contribution in [2.24, 2.45) is 5.11 Å². The van der Waals surface area contributed by atoms with Gasteiger partial charge in [0.05, 0.1) is 12.3 Å². The van der Waals surface area contributed by atoms with Gasteiger partial charge in [-0.15, -0.1) is 0 Å². The van der Waals surface area contributed by atoms with Crippen LogP contribution in [0.3, 0.4) is 0 Å². The van der Waals surface area contributed by atoms with E-state index in [0.29, 0.717) is 24.4 Å². The van der Waals surface area contributed by atoms with Crippen LogP contribution in [0.15, 0.2) is 65.0 Å². The van der Waals surface area contributed by atoms with Gasteiger partial charge in [0.1, 0.15) is 24.2 Å². The SMILES string of the molecule is N=NC(=C[NH2+]c1ccc(N2CCOCC2=O)c(F)c1)C1=Cc2ccccc2NC1O. The Morgan fingerprint density at radius 2 is 2.20 bits per heavy atom. The first-order chi connectivity index (χ1) is 14.6. The Labute approximate surface area is 172 Å². The number of nitrogens with zero attached hydrogens (tertiary/aromatic N) is 2. The number of benzene rings is 2. The number of aliphatic hydroxyl groups is 1. The van der Waals surface area contributed by atoms with Gasteiger partial charge in [-0.3, -0.25) is 10.1 Å². The molecule has 0 aromatic heterocycles. The van der Waals surface area contributed by atoms with E-state index in [1.165, 1.54) is 11.0 Å². The number of ether oxygens (including phenoxy) is 1. The molecule has 1 unspecified atom stereocenters. The summed E-state index contributed by atoms with van der Waals surface area (Å²) in [5, 5.41) is 18.5. The fourth-order valence-electron chi connectivity index (χ4n) is 3.43. The molecule has 0 bridgehead atoms. The number of para-hydroxylation sites is 1. The van der Waals surface area contributed by atoms with E-state index in [-0.39, 0.29) is 23.9 Å². The standard InChI is InChI=1S/C21H20FN5O3/c22-16-10-14(5-6-19(16)27-7-8-30-12-20(27)28)24-11-18(26-23)15-9-13-3-1-2-4-17(13)25-21(15)29/h1-6,9-11,21,23-25,29H,7-8,12H2/p+1. The van der Waals surface area contributed by atoms with Crippen LogP contribution >= 0.6 is 0 Å². The molecule has 4 rings (SSSR count). The molecule has 2 aliphatic heterocycles. The number of quaternary nitrogens is 1. The zero-order valence-corrected chi connectivity index (χ0v) is 16.0. The summed E-state index contributed by atoms with van der Waals surface area (Å²) in [6.45, 7) is 0.616. The maximum absolute atomic E-state index is 14.6. The minimum Gasteiger partial charge on any atom is -0.370 e. The molecule has 2 aromatic carbocycles. The first-order valence-electron chi connectivity index (χ1n) is 9.42. The molecule has 5 N–H and O–H groups in total. The first-order valence-corrected chi connectivity index (χ1v) is 9.42. The molecular weight excluding hydrogens is 389 g/mol. The Morgan fingerprint density at radius 3 is 2.97 bits per heavy atom. The topological polar surface area (TPSA) is 115 Å². The normalized spacial score (nSPS) is 19.1. The molecule has 0 saturated carbocycles. The second-order valence-corrected chi connectivity index (χ2v) is 6.87. The third-order valence-electron chi connectivity index (χ3n) is 4.96. The number of halogens is 1. The fraction of sp³-hybridized carbons (Fsp3) is 0.190. The number of carbonyl (C=O) groups excluding carboxylic acids is 1. The lowest BCUT2D eigenvalue weighted by atomic mass is 10.0. The number of fused-ring (bicyclic) bond motifs is 1. The number of hydrogen-bond donors (Lipinski definition) is 4. The molecule has 1 fully saturated rings. The summed E-state index contributed by atoms with van der Waals surface area (Å²) < 4.78 is 19.7. The highest BCUT2D eigenvalue weighted by atomic mass is 19.1. The Kier molecular flexibility index (Phi) is 5.66. The van der Waals surface area contributed by atoms with Crippen molar-refractivity contribution in [2.75, 3.05) is 30.0 Å². The zero-order chi connectivity index (χ0) is 21.1. The van der Waals surface area contributed by atoms with Crippen molar-refractivity contribution in [3.8, 4) is 0 Å². The average molecular weight is 410 g/mol. The lowest BCUT2D eigenvalue weighted by Crippen LogP contribution is -2.71. The summed E-state index contributed by atoms with van der Waals surface area (Å²) in [6.07, 6.45) is 2.30. The molecular formula is C21H21FN5O3+. The van der Waals surface area contributed by atoms with Crippen LogP contribution in [0.25, 0.3) is 6.08 Å². The number of nitrogens with one attached hydrogen (secondary N) is 2. The molecule has 0 radical (unpaired) electrons. The highest BCUT2D eigenvalue weighted by molar-refractivity contribution is 5.95. The molecule has 2 aromatic rings. The van der Waals surface area contributed by atoms with Crippen LogP contribution in [0.1, 0.15) is 5.56 Å². The number of aliphatic hydroxyl groups excluding tert-OH is 1. The van der Waals surface area contributed by atoms with E-state index in [0.717, 1.165) is 11.3 Å². The predicted molar refractivity (Wildman–Crippen MR) is 108 cm³/mol. The van der Waals surface area contributed by atoms with Crippen molar-refractivity contribution in [3.05, 3.63) is 71.3 Å². The average Bonchev–Trinajstić information content (AvgIpc) is 2.75. The number of carbonyl (C=O) groups is 1. The molecule has 9 heteroatoms. The van der Waals surface area contributed by atoms with E-state index in [1.807, 2.05) is 24.3 Å². The van der Waals surface area contributed by atoms with Crippen molar-refractivity contribution in [1.29, 1.82) is 5.53 Å². The van der Waals surface area contributed by atoms with Gasteiger partial charge in [0.25, 0.3) is 5.91 Å². The second kappa shape index (κ2) is 8.54.